The smallest absolute Gasteiger partial charge is 0.0441 e. The van der Waals surface area contributed by atoms with Gasteiger partial charge in [0.15, 0.2) is 0 Å². The van der Waals surface area contributed by atoms with Crippen LogP contribution in [0.1, 0.15) is 143 Å². The van der Waals surface area contributed by atoms with E-state index in [0.717, 1.165) is 29.6 Å². The van der Waals surface area contributed by atoms with E-state index < -0.39 is 0 Å². The van der Waals surface area contributed by atoms with Crippen LogP contribution in [0.4, 0.5) is 0 Å². The van der Waals surface area contributed by atoms with Gasteiger partial charge in [0.2, 0.25) is 0 Å². The van der Waals surface area contributed by atoms with Crippen molar-refractivity contribution < 1.29 is 0 Å². The molecule has 1 aromatic carbocycles. The molecule has 1 heterocycles. The number of piperazine rings is 1. The fourth-order valence-corrected chi connectivity index (χ4v) is 14.8. The minimum absolute atomic E-state index is 0.112. The molecule has 1 N–H and O–H groups in total. The molecule has 50 heavy (non-hydrogen) atoms. The summed E-state index contributed by atoms with van der Waals surface area (Å²) < 4.78 is 0. The quantitative estimate of drug-likeness (QED) is 0.309. The number of hydrogen-bond donors (Lipinski definition) is 1. The fraction of sp³-hybridized carbons (Fsp3) is 0.787. The monoisotopic (exact) mass is 680 g/mol. The molecule has 6 aliphatic carbocycles. The molecular weight excluding hydrogens is 607 g/mol. The van der Waals surface area contributed by atoms with Gasteiger partial charge >= 0.3 is 0 Å². The van der Waals surface area contributed by atoms with Gasteiger partial charge in [-0.1, -0.05) is 82.5 Å². The number of allylic oxidation sites excluding steroid dienone is 4. The summed E-state index contributed by atoms with van der Waals surface area (Å²) >= 11 is 0. The zero-order valence-electron chi connectivity index (χ0n) is 33.6. The van der Waals surface area contributed by atoms with E-state index in [4.69, 9.17) is 0 Å². The summed E-state index contributed by atoms with van der Waals surface area (Å²) in [6.45, 7) is 27.7. The third-order valence-corrected chi connectivity index (χ3v) is 17.3. The minimum atomic E-state index is 0.112. The van der Waals surface area contributed by atoms with E-state index in [2.05, 4.69) is 101 Å². The average Bonchev–Trinajstić information content (AvgIpc) is 3.50. The van der Waals surface area contributed by atoms with Crippen LogP contribution in [-0.2, 0) is 0 Å². The van der Waals surface area contributed by atoms with Crippen molar-refractivity contribution in [2.45, 2.75) is 144 Å². The van der Waals surface area contributed by atoms with Crippen LogP contribution in [0, 0.1) is 58.2 Å². The van der Waals surface area contributed by atoms with Crippen LogP contribution < -0.4 is 5.32 Å². The SMILES string of the molecule is CCN1CCN(CC(C)(C)NC(=C2CCC2)C23CCCC2C2CCC4C(C)(CCC5C(C)(C)C(c6ccc(C)cc6)=CCC54C)C2CC3)CC1. The van der Waals surface area contributed by atoms with Crippen LogP contribution in [0.15, 0.2) is 41.6 Å². The Kier molecular flexibility index (Phi) is 9.06. The highest BCUT2D eigenvalue weighted by atomic mass is 15.3. The second-order valence-electron chi connectivity index (χ2n) is 20.7. The second kappa shape index (κ2) is 12.8. The lowest BCUT2D eigenvalue weighted by atomic mass is 9.36. The molecule has 8 atom stereocenters. The highest BCUT2D eigenvalue weighted by Crippen LogP contribution is 2.74. The third-order valence-electron chi connectivity index (χ3n) is 17.3. The maximum atomic E-state index is 4.45. The highest BCUT2D eigenvalue weighted by Gasteiger charge is 2.66. The first-order valence-corrected chi connectivity index (χ1v) is 21.5. The highest BCUT2D eigenvalue weighted by molar-refractivity contribution is 5.71. The lowest BCUT2D eigenvalue weighted by Gasteiger charge is -2.68. The molecule has 6 fully saturated rings. The molecule has 0 radical (unpaired) electrons. The lowest BCUT2D eigenvalue weighted by Crippen LogP contribution is -2.62. The van der Waals surface area contributed by atoms with Crippen molar-refractivity contribution in [2.75, 3.05) is 39.3 Å². The van der Waals surface area contributed by atoms with Crippen LogP contribution in [0.2, 0.25) is 0 Å². The largest absolute Gasteiger partial charge is 0.382 e. The summed E-state index contributed by atoms with van der Waals surface area (Å²) in [6.07, 6.45) is 21.2. The van der Waals surface area contributed by atoms with Gasteiger partial charge in [0.25, 0.3) is 0 Å². The first-order chi connectivity index (χ1) is 23.8. The van der Waals surface area contributed by atoms with E-state index in [0.29, 0.717) is 16.2 Å². The van der Waals surface area contributed by atoms with E-state index in [9.17, 15) is 0 Å². The van der Waals surface area contributed by atoms with Crippen molar-refractivity contribution in [1.82, 2.24) is 15.1 Å². The summed E-state index contributed by atoms with van der Waals surface area (Å²) in [4.78, 5) is 5.38. The van der Waals surface area contributed by atoms with Gasteiger partial charge in [-0.15, -0.1) is 0 Å². The van der Waals surface area contributed by atoms with Gasteiger partial charge in [-0.25, -0.2) is 0 Å². The molecule has 276 valence electrons. The second-order valence-corrected chi connectivity index (χ2v) is 20.7. The number of fused-ring (bicyclic) bond motifs is 7. The van der Waals surface area contributed by atoms with Crippen molar-refractivity contribution in [3.8, 4) is 0 Å². The molecule has 0 aromatic heterocycles. The van der Waals surface area contributed by atoms with E-state index >= 15 is 0 Å². The number of nitrogens with one attached hydrogen (secondary N) is 1. The summed E-state index contributed by atoms with van der Waals surface area (Å²) in [5.74, 6) is 4.35. The zero-order valence-corrected chi connectivity index (χ0v) is 33.6. The van der Waals surface area contributed by atoms with Crippen molar-refractivity contribution in [3.05, 3.63) is 52.7 Å². The predicted octanol–water partition coefficient (Wildman–Crippen LogP) is 10.9. The molecule has 1 saturated heterocycles. The van der Waals surface area contributed by atoms with Crippen LogP contribution in [-0.4, -0.2) is 54.6 Å². The van der Waals surface area contributed by atoms with Crippen molar-refractivity contribution in [2.24, 2.45) is 51.2 Å². The standard InChI is InChI=1S/C47H73N3/c1-9-49-28-30-50(31-29-49)32-43(3,4)48-42(35-12-10-13-35)47-24-11-14-39(47)36-19-20-41-45(7,38(36)22-27-47)26-23-40-44(5,6)37(21-25-46(40,41)8)34-17-15-33(2)16-18-34/h15-18,21,36,38-41,48H,9-14,19-20,22-32H2,1-8H3. The number of nitrogens with zero attached hydrogens (tertiary/aromatic N) is 2. The predicted molar refractivity (Wildman–Crippen MR) is 212 cm³/mol. The number of aryl methyl sites for hydroxylation is 1. The van der Waals surface area contributed by atoms with Crippen LogP contribution >= 0.6 is 0 Å². The molecule has 8 rings (SSSR count). The Morgan fingerprint density at radius 1 is 0.780 bits per heavy atom. The van der Waals surface area contributed by atoms with Crippen LogP contribution in [0.5, 0.6) is 0 Å². The third kappa shape index (κ3) is 5.63. The van der Waals surface area contributed by atoms with E-state index in [1.165, 1.54) is 134 Å². The van der Waals surface area contributed by atoms with Gasteiger partial charge in [0.05, 0.1) is 0 Å². The lowest BCUT2D eigenvalue weighted by molar-refractivity contribution is -0.175. The van der Waals surface area contributed by atoms with Crippen molar-refractivity contribution >= 4 is 5.57 Å². The van der Waals surface area contributed by atoms with Crippen LogP contribution in [0.25, 0.3) is 5.57 Å². The molecule has 8 unspecified atom stereocenters. The molecule has 3 nitrogen and oxygen atoms in total. The van der Waals surface area contributed by atoms with E-state index in [1.54, 1.807) is 11.3 Å². The summed E-state index contributed by atoms with van der Waals surface area (Å²) in [6, 6.07) is 9.44. The average molecular weight is 680 g/mol. The Morgan fingerprint density at radius 2 is 1.50 bits per heavy atom. The van der Waals surface area contributed by atoms with E-state index in [-0.39, 0.29) is 11.0 Å². The van der Waals surface area contributed by atoms with E-state index in [1.807, 2.05) is 5.57 Å². The Bertz CT molecular complexity index is 1470. The van der Waals surface area contributed by atoms with Gasteiger partial charge in [-0.05, 0) is 161 Å². The molecule has 0 amide bonds. The summed E-state index contributed by atoms with van der Waals surface area (Å²) in [5.41, 5.74) is 9.72. The molecule has 0 bridgehead atoms. The maximum absolute atomic E-state index is 4.45. The Balaban J connectivity index is 1.04. The zero-order chi connectivity index (χ0) is 35.1. The Morgan fingerprint density at radius 3 is 2.18 bits per heavy atom. The maximum Gasteiger partial charge on any atom is 0.0441 e. The van der Waals surface area contributed by atoms with Crippen molar-refractivity contribution in [3.63, 3.8) is 0 Å². The Hall–Kier alpha value is -1.58. The molecule has 5 saturated carbocycles. The summed E-state index contributed by atoms with van der Waals surface area (Å²) in [5, 5.41) is 4.45. The summed E-state index contributed by atoms with van der Waals surface area (Å²) in [7, 11) is 0. The van der Waals surface area contributed by atoms with Gasteiger partial charge in [0, 0.05) is 49.4 Å². The van der Waals surface area contributed by atoms with Crippen LogP contribution in [0.3, 0.4) is 0 Å². The normalized spacial score (nSPS) is 40.1. The fourth-order valence-electron chi connectivity index (χ4n) is 14.8. The first-order valence-electron chi connectivity index (χ1n) is 21.5. The van der Waals surface area contributed by atoms with Gasteiger partial charge in [-0.3, -0.25) is 4.90 Å². The molecule has 3 heteroatoms. The topological polar surface area (TPSA) is 18.5 Å². The molecule has 1 aromatic rings. The molecular formula is C47H73N3. The van der Waals surface area contributed by atoms with Gasteiger partial charge < -0.3 is 10.2 Å². The number of benzene rings is 1. The number of hydrogen-bond acceptors (Lipinski definition) is 3. The Labute approximate surface area is 307 Å². The van der Waals surface area contributed by atoms with Gasteiger partial charge in [0.1, 0.15) is 0 Å². The molecule has 1 aliphatic heterocycles. The van der Waals surface area contributed by atoms with Gasteiger partial charge in [-0.2, -0.15) is 0 Å². The van der Waals surface area contributed by atoms with Crippen molar-refractivity contribution in [1.29, 1.82) is 0 Å². The number of rotatable bonds is 7. The number of likely N-dealkylation sites (N-methyl/N-ethyl adjacent to an activating group) is 1. The molecule has 0 spiro atoms. The first kappa shape index (κ1) is 35.4. The minimum Gasteiger partial charge on any atom is -0.382 e. The molecule has 7 aliphatic rings.